The van der Waals surface area contributed by atoms with Gasteiger partial charge in [-0.1, -0.05) is 25.1 Å². The lowest BCUT2D eigenvalue weighted by Crippen LogP contribution is -2.14. The number of allylic oxidation sites excluding steroid dienone is 2. The third-order valence-electron chi connectivity index (χ3n) is 4.37. The molecule has 0 atom stereocenters. The largest absolute Gasteiger partial charge is 0.497 e. The standard InChI is InChI=1S/C17H20FN3O2/c1-17(2)8-4-5-12(17)16-14(10-22)19-20-21(16)15-9-11(23-3)6-7-13(15)18/h5-7,9,22H,4,8,10H2,1-3H3. The van der Waals surface area contributed by atoms with Crippen molar-refractivity contribution in [2.75, 3.05) is 7.11 Å². The number of benzene rings is 1. The SMILES string of the molecule is COc1ccc(F)c(-n2nnc(CO)c2C2=CCCC2(C)C)c1. The van der Waals surface area contributed by atoms with Crippen molar-refractivity contribution in [2.24, 2.45) is 5.41 Å². The van der Waals surface area contributed by atoms with Crippen LogP contribution in [0.4, 0.5) is 4.39 Å². The van der Waals surface area contributed by atoms with Gasteiger partial charge in [-0.15, -0.1) is 5.10 Å². The smallest absolute Gasteiger partial charge is 0.149 e. The number of aromatic nitrogens is 3. The average molecular weight is 317 g/mol. The zero-order valence-corrected chi connectivity index (χ0v) is 13.5. The normalized spacial score (nSPS) is 16.5. The van der Waals surface area contributed by atoms with Crippen molar-refractivity contribution >= 4 is 5.57 Å². The van der Waals surface area contributed by atoms with Crippen molar-refractivity contribution < 1.29 is 14.2 Å². The number of hydrogen-bond acceptors (Lipinski definition) is 4. The summed E-state index contributed by atoms with van der Waals surface area (Å²) in [5, 5.41) is 17.7. The van der Waals surface area contributed by atoms with Gasteiger partial charge in [-0.2, -0.15) is 0 Å². The average Bonchev–Trinajstić information content (AvgIpc) is 3.09. The van der Waals surface area contributed by atoms with Gasteiger partial charge in [-0.3, -0.25) is 0 Å². The van der Waals surface area contributed by atoms with Gasteiger partial charge in [0.15, 0.2) is 0 Å². The Morgan fingerprint density at radius 2 is 2.17 bits per heavy atom. The lowest BCUT2D eigenvalue weighted by molar-refractivity contribution is 0.276. The molecule has 0 spiro atoms. The molecule has 3 rings (SSSR count). The molecule has 1 aliphatic carbocycles. The third-order valence-corrected chi connectivity index (χ3v) is 4.37. The molecule has 0 fully saturated rings. The summed E-state index contributed by atoms with van der Waals surface area (Å²) in [5.41, 5.74) is 2.35. The van der Waals surface area contributed by atoms with Gasteiger partial charge < -0.3 is 9.84 Å². The first-order valence-electron chi connectivity index (χ1n) is 7.58. The zero-order valence-electron chi connectivity index (χ0n) is 13.5. The predicted octanol–water partition coefficient (Wildman–Crippen LogP) is 3.11. The summed E-state index contributed by atoms with van der Waals surface area (Å²) in [4.78, 5) is 0. The Hall–Kier alpha value is -2.21. The van der Waals surface area contributed by atoms with Crippen LogP contribution >= 0.6 is 0 Å². The van der Waals surface area contributed by atoms with Crippen molar-refractivity contribution in [3.63, 3.8) is 0 Å². The fourth-order valence-electron chi connectivity index (χ4n) is 3.04. The lowest BCUT2D eigenvalue weighted by atomic mass is 9.83. The summed E-state index contributed by atoms with van der Waals surface area (Å²) in [5.74, 6) is 0.117. The molecule has 6 heteroatoms. The summed E-state index contributed by atoms with van der Waals surface area (Å²) in [6, 6.07) is 4.48. The zero-order chi connectivity index (χ0) is 16.6. The van der Waals surface area contributed by atoms with Gasteiger partial charge in [-0.25, -0.2) is 9.07 Å². The molecule has 1 aromatic carbocycles. The summed E-state index contributed by atoms with van der Waals surface area (Å²) < 4.78 is 21.0. The van der Waals surface area contributed by atoms with Gasteiger partial charge in [0, 0.05) is 6.07 Å². The fourth-order valence-corrected chi connectivity index (χ4v) is 3.04. The minimum absolute atomic E-state index is 0.0707. The Bertz CT molecular complexity index is 765. The van der Waals surface area contributed by atoms with Gasteiger partial charge in [0.1, 0.15) is 22.9 Å². The van der Waals surface area contributed by atoms with E-state index in [4.69, 9.17) is 4.74 Å². The number of hydrogen-bond donors (Lipinski definition) is 1. The van der Waals surface area contributed by atoms with Crippen LogP contribution < -0.4 is 4.74 Å². The molecular formula is C17H20FN3O2. The van der Waals surface area contributed by atoms with Crippen LogP contribution in [-0.2, 0) is 6.61 Å². The van der Waals surface area contributed by atoms with Crippen LogP contribution in [0.5, 0.6) is 5.75 Å². The third kappa shape index (κ3) is 2.63. The lowest BCUT2D eigenvalue weighted by Gasteiger charge is -2.23. The highest BCUT2D eigenvalue weighted by atomic mass is 19.1. The van der Waals surface area contributed by atoms with Crippen LogP contribution in [0.3, 0.4) is 0 Å². The molecule has 1 aliphatic rings. The number of halogens is 1. The minimum atomic E-state index is -0.419. The van der Waals surface area contributed by atoms with E-state index in [2.05, 4.69) is 30.2 Å². The van der Waals surface area contributed by atoms with E-state index in [0.717, 1.165) is 18.4 Å². The molecule has 0 saturated carbocycles. The molecule has 0 bridgehead atoms. The molecule has 0 unspecified atom stereocenters. The maximum atomic E-state index is 14.3. The Morgan fingerprint density at radius 1 is 1.39 bits per heavy atom. The molecule has 1 heterocycles. The Kier molecular flexibility index (Phi) is 3.93. The minimum Gasteiger partial charge on any atom is -0.497 e. The number of rotatable bonds is 4. The van der Waals surface area contributed by atoms with Crippen LogP contribution in [0.1, 0.15) is 38.1 Å². The maximum Gasteiger partial charge on any atom is 0.149 e. The Balaban J connectivity index is 2.21. The van der Waals surface area contributed by atoms with Gasteiger partial charge in [0.2, 0.25) is 0 Å². The molecule has 23 heavy (non-hydrogen) atoms. The number of nitrogens with zero attached hydrogens (tertiary/aromatic N) is 3. The fraction of sp³-hybridized carbons (Fsp3) is 0.412. The van der Waals surface area contributed by atoms with E-state index in [-0.39, 0.29) is 17.7 Å². The molecule has 122 valence electrons. The molecule has 1 aromatic heterocycles. The summed E-state index contributed by atoms with van der Waals surface area (Å²) in [7, 11) is 1.53. The van der Waals surface area contributed by atoms with E-state index in [0.29, 0.717) is 17.1 Å². The van der Waals surface area contributed by atoms with E-state index >= 15 is 0 Å². The molecule has 0 radical (unpaired) electrons. The second-order valence-electron chi connectivity index (χ2n) is 6.31. The van der Waals surface area contributed by atoms with E-state index < -0.39 is 5.82 Å². The summed E-state index contributed by atoms with van der Waals surface area (Å²) in [6.07, 6.45) is 4.06. The van der Waals surface area contributed by atoms with Crippen molar-refractivity contribution in [2.45, 2.75) is 33.3 Å². The number of aliphatic hydroxyl groups excluding tert-OH is 1. The van der Waals surface area contributed by atoms with Gasteiger partial charge in [0.25, 0.3) is 0 Å². The number of methoxy groups -OCH3 is 1. The van der Waals surface area contributed by atoms with Crippen LogP contribution in [0.15, 0.2) is 24.3 Å². The van der Waals surface area contributed by atoms with Crippen molar-refractivity contribution in [1.29, 1.82) is 0 Å². The van der Waals surface area contributed by atoms with Crippen molar-refractivity contribution in [3.8, 4) is 11.4 Å². The van der Waals surface area contributed by atoms with Crippen LogP contribution in [-0.4, -0.2) is 27.2 Å². The van der Waals surface area contributed by atoms with Gasteiger partial charge >= 0.3 is 0 Å². The number of ether oxygens (including phenoxy) is 1. The van der Waals surface area contributed by atoms with Gasteiger partial charge in [-0.05, 0) is 36.0 Å². The number of aliphatic hydroxyl groups is 1. The second-order valence-corrected chi connectivity index (χ2v) is 6.31. The molecule has 5 nitrogen and oxygen atoms in total. The van der Waals surface area contributed by atoms with Crippen LogP contribution in [0.2, 0.25) is 0 Å². The van der Waals surface area contributed by atoms with E-state index in [1.54, 1.807) is 12.1 Å². The van der Waals surface area contributed by atoms with E-state index in [1.807, 2.05) is 0 Å². The predicted molar refractivity (Wildman–Crippen MR) is 84.8 cm³/mol. The molecule has 0 amide bonds. The molecular weight excluding hydrogens is 297 g/mol. The molecule has 0 aliphatic heterocycles. The first-order chi connectivity index (χ1) is 11.0. The highest BCUT2D eigenvalue weighted by molar-refractivity contribution is 5.72. The highest BCUT2D eigenvalue weighted by Crippen LogP contribution is 2.45. The monoisotopic (exact) mass is 317 g/mol. The first kappa shape index (κ1) is 15.7. The first-order valence-corrected chi connectivity index (χ1v) is 7.58. The van der Waals surface area contributed by atoms with E-state index in [1.165, 1.54) is 17.9 Å². The topological polar surface area (TPSA) is 60.2 Å². The van der Waals surface area contributed by atoms with Crippen LogP contribution in [0, 0.1) is 11.2 Å². The molecule has 2 aromatic rings. The second kappa shape index (κ2) is 5.77. The van der Waals surface area contributed by atoms with Gasteiger partial charge in [0.05, 0.1) is 19.4 Å². The van der Waals surface area contributed by atoms with Crippen molar-refractivity contribution in [3.05, 3.63) is 41.5 Å². The van der Waals surface area contributed by atoms with E-state index in [9.17, 15) is 9.50 Å². The quantitative estimate of drug-likeness (QED) is 0.941. The van der Waals surface area contributed by atoms with Crippen molar-refractivity contribution in [1.82, 2.24) is 15.0 Å². The summed E-state index contributed by atoms with van der Waals surface area (Å²) in [6.45, 7) is 4.02. The highest BCUT2D eigenvalue weighted by Gasteiger charge is 2.33. The molecule has 0 saturated heterocycles. The van der Waals surface area contributed by atoms with Crippen LogP contribution in [0.25, 0.3) is 11.3 Å². The molecule has 1 N–H and O–H groups in total. The Morgan fingerprint density at radius 3 is 2.78 bits per heavy atom. The maximum absolute atomic E-state index is 14.3. The Labute approximate surface area is 134 Å². The summed E-state index contributed by atoms with van der Waals surface area (Å²) >= 11 is 0.